The standard InChI is InChI=1S/C17H25N3O3/c1-19(9-14-8-18-20(2)10-14)11-16(21)13-23-12-15-6-4-5-7-17(15)22-3/h4-8,10,16,21H,9,11-13H2,1-3H3. The maximum atomic E-state index is 10.1. The molecule has 1 atom stereocenters. The summed E-state index contributed by atoms with van der Waals surface area (Å²) >= 11 is 0. The van der Waals surface area contributed by atoms with Gasteiger partial charge in [0.15, 0.2) is 0 Å². The molecule has 0 fully saturated rings. The summed E-state index contributed by atoms with van der Waals surface area (Å²) in [6.45, 7) is 2.00. The first-order chi connectivity index (χ1) is 11.1. The molecule has 0 spiro atoms. The van der Waals surface area contributed by atoms with Crippen molar-refractivity contribution in [2.75, 3.05) is 27.3 Å². The fourth-order valence-corrected chi connectivity index (χ4v) is 2.47. The van der Waals surface area contributed by atoms with Gasteiger partial charge in [0.2, 0.25) is 0 Å². The maximum absolute atomic E-state index is 10.1. The third-order valence-corrected chi connectivity index (χ3v) is 3.49. The van der Waals surface area contributed by atoms with Gasteiger partial charge in [-0.15, -0.1) is 0 Å². The van der Waals surface area contributed by atoms with Crippen molar-refractivity contribution in [2.24, 2.45) is 7.05 Å². The van der Waals surface area contributed by atoms with Crippen LogP contribution in [0.3, 0.4) is 0 Å². The van der Waals surface area contributed by atoms with Crippen molar-refractivity contribution in [1.82, 2.24) is 14.7 Å². The summed E-state index contributed by atoms with van der Waals surface area (Å²) in [5.74, 6) is 0.802. The van der Waals surface area contributed by atoms with E-state index in [1.54, 1.807) is 11.8 Å². The van der Waals surface area contributed by atoms with Crippen molar-refractivity contribution < 1.29 is 14.6 Å². The molecule has 1 aromatic carbocycles. The molecule has 23 heavy (non-hydrogen) atoms. The molecule has 0 radical (unpaired) electrons. The minimum atomic E-state index is -0.536. The first-order valence-electron chi connectivity index (χ1n) is 7.62. The fraction of sp³-hybridized carbons (Fsp3) is 0.471. The average Bonchev–Trinajstić information content (AvgIpc) is 2.92. The van der Waals surface area contributed by atoms with Crippen molar-refractivity contribution in [1.29, 1.82) is 0 Å². The zero-order valence-electron chi connectivity index (χ0n) is 14.0. The van der Waals surface area contributed by atoms with Crippen LogP contribution in [0, 0.1) is 0 Å². The monoisotopic (exact) mass is 319 g/mol. The van der Waals surface area contributed by atoms with Crippen molar-refractivity contribution in [2.45, 2.75) is 19.3 Å². The lowest BCUT2D eigenvalue weighted by Crippen LogP contribution is -2.31. The Hall–Kier alpha value is -1.89. The highest BCUT2D eigenvalue weighted by molar-refractivity contribution is 5.32. The number of nitrogens with zero attached hydrogens (tertiary/aromatic N) is 3. The van der Waals surface area contributed by atoms with Gasteiger partial charge < -0.3 is 14.6 Å². The first-order valence-corrected chi connectivity index (χ1v) is 7.62. The number of hydrogen-bond acceptors (Lipinski definition) is 5. The highest BCUT2D eigenvalue weighted by Gasteiger charge is 2.10. The lowest BCUT2D eigenvalue weighted by atomic mass is 10.2. The Morgan fingerprint density at radius 1 is 1.35 bits per heavy atom. The molecular weight excluding hydrogens is 294 g/mol. The Kier molecular flexibility index (Phi) is 6.58. The van der Waals surface area contributed by atoms with Crippen LogP contribution in [0.2, 0.25) is 0 Å². The molecule has 2 rings (SSSR count). The van der Waals surface area contributed by atoms with Gasteiger partial charge in [0.1, 0.15) is 5.75 Å². The number of aliphatic hydroxyl groups is 1. The molecule has 1 aromatic heterocycles. The summed E-state index contributed by atoms with van der Waals surface area (Å²) in [7, 11) is 5.50. The van der Waals surface area contributed by atoms with E-state index in [1.165, 1.54) is 0 Å². The molecule has 0 saturated heterocycles. The molecule has 0 amide bonds. The molecule has 1 unspecified atom stereocenters. The number of aliphatic hydroxyl groups excluding tert-OH is 1. The summed E-state index contributed by atoms with van der Waals surface area (Å²) < 4.78 is 12.7. The Morgan fingerprint density at radius 3 is 2.83 bits per heavy atom. The van der Waals surface area contributed by atoms with Crippen LogP contribution in [0.15, 0.2) is 36.7 Å². The topological polar surface area (TPSA) is 59.8 Å². The Bertz CT molecular complexity index is 600. The lowest BCUT2D eigenvalue weighted by Gasteiger charge is -2.20. The van der Waals surface area contributed by atoms with Crippen LogP contribution in [0.4, 0.5) is 0 Å². The molecule has 6 nitrogen and oxygen atoms in total. The van der Waals surface area contributed by atoms with E-state index in [1.807, 2.05) is 55.7 Å². The maximum Gasteiger partial charge on any atom is 0.124 e. The van der Waals surface area contributed by atoms with Gasteiger partial charge in [0, 0.05) is 37.5 Å². The van der Waals surface area contributed by atoms with Gasteiger partial charge in [0.05, 0.1) is 32.6 Å². The van der Waals surface area contributed by atoms with E-state index in [4.69, 9.17) is 9.47 Å². The van der Waals surface area contributed by atoms with Crippen LogP contribution in [0.5, 0.6) is 5.75 Å². The highest BCUT2D eigenvalue weighted by atomic mass is 16.5. The van der Waals surface area contributed by atoms with E-state index in [-0.39, 0.29) is 6.61 Å². The predicted molar refractivity (Wildman–Crippen MR) is 88.2 cm³/mol. The van der Waals surface area contributed by atoms with E-state index in [2.05, 4.69) is 5.10 Å². The first kappa shape index (κ1) is 17.5. The summed E-state index contributed by atoms with van der Waals surface area (Å²) in [5, 5.41) is 14.2. The Morgan fingerprint density at radius 2 is 2.13 bits per heavy atom. The predicted octanol–water partition coefficient (Wildman–Crippen LogP) is 1.44. The zero-order valence-corrected chi connectivity index (χ0v) is 14.0. The fourth-order valence-electron chi connectivity index (χ4n) is 2.47. The van der Waals surface area contributed by atoms with E-state index in [9.17, 15) is 5.11 Å². The number of aromatic nitrogens is 2. The van der Waals surface area contributed by atoms with Crippen LogP contribution >= 0.6 is 0 Å². The van der Waals surface area contributed by atoms with Gasteiger partial charge in [0.25, 0.3) is 0 Å². The average molecular weight is 319 g/mol. The van der Waals surface area contributed by atoms with Gasteiger partial charge in [-0.3, -0.25) is 9.58 Å². The molecule has 0 aliphatic rings. The molecule has 0 aliphatic heterocycles. The number of hydrogen-bond donors (Lipinski definition) is 1. The Balaban J connectivity index is 1.71. The van der Waals surface area contributed by atoms with Gasteiger partial charge in [-0.05, 0) is 13.1 Å². The van der Waals surface area contributed by atoms with Crippen molar-refractivity contribution in [3.8, 4) is 5.75 Å². The van der Waals surface area contributed by atoms with E-state index in [0.29, 0.717) is 13.2 Å². The minimum absolute atomic E-state index is 0.287. The second-order valence-electron chi connectivity index (χ2n) is 5.70. The molecule has 6 heteroatoms. The molecular formula is C17H25N3O3. The third-order valence-electron chi connectivity index (χ3n) is 3.49. The quantitative estimate of drug-likeness (QED) is 0.758. The van der Waals surface area contributed by atoms with Crippen molar-refractivity contribution >= 4 is 0 Å². The van der Waals surface area contributed by atoms with Crippen LogP contribution in [0.25, 0.3) is 0 Å². The Labute approximate surface area is 137 Å². The summed E-state index contributed by atoms with van der Waals surface area (Å²) in [6.07, 6.45) is 3.27. The molecule has 0 aliphatic carbocycles. The van der Waals surface area contributed by atoms with Crippen LogP contribution in [0.1, 0.15) is 11.1 Å². The van der Waals surface area contributed by atoms with Gasteiger partial charge in [-0.2, -0.15) is 5.10 Å². The SMILES string of the molecule is COc1ccccc1COCC(O)CN(C)Cc1cnn(C)c1. The number of benzene rings is 1. The number of likely N-dealkylation sites (N-methyl/N-ethyl adjacent to an activating group) is 1. The van der Waals surface area contributed by atoms with Gasteiger partial charge in [-0.1, -0.05) is 18.2 Å². The normalized spacial score (nSPS) is 12.6. The van der Waals surface area contributed by atoms with E-state index in [0.717, 1.165) is 23.4 Å². The second-order valence-corrected chi connectivity index (χ2v) is 5.70. The molecule has 1 heterocycles. The molecule has 126 valence electrons. The second kappa shape index (κ2) is 8.67. The van der Waals surface area contributed by atoms with Crippen LogP contribution in [-0.4, -0.2) is 53.2 Å². The van der Waals surface area contributed by atoms with Crippen LogP contribution < -0.4 is 4.74 Å². The lowest BCUT2D eigenvalue weighted by molar-refractivity contribution is 0.0122. The third kappa shape index (κ3) is 5.67. The molecule has 1 N–H and O–H groups in total. The van der Waals surface area contributed by atoms with Crippen molar-refractivity contribution in [3.63, 3.8) is 0 Å². The minimum Gasteiger partial charge on any atom is -0.496 e. The van der Waals surface area contributed by atoms with E-state index >= 15 is 0 Å². The number of methoxy groups -OCH3 is 1. The van der Waals surface area contributed by atoms with E-state index < -0.39 is 6.10 Å². The largest absolute Gasteiger partial charge is 0.496 e. The molecule has 0 saturated carbocycles. The summed E-state index contributed by atoms with van der Waals surface area (Å²) in [6, 6.07) is 7.72. The zero-order chi connectivity index (χ0) is 16.7. The molecule has 2 aromatic rings. The number of rotatable bonds is 9. The summed E-state index contributed by atoms with van der Waals surface area (Å²) in [4.78, 5) is 2.05. The highest BCUT2D eigenvalue weighted by Crippen LogP contribution is 2.18. The van der Waals surface area contributed by atoms with Gasteiger partial charge in [-0.25, -0.2) is 0 Å². The number of aryl methyl sites for hydroxylation is 1. The van der Waals surface area contributed by atoms with Crippen molar-refractivity contribution in [3.05, 3.63) is 47.8 Å². The summed E-state index contributed by atoms with van der Waals surface area (Å²) in [5.41, 5.74) is 2.10. The smallest absolute Gasteiger partial charge is 0.124 e. The number of para-hydroxylation sites is 1. The van der Waals surface area contributed by atoms with Gasteiger partial charge >= 0.3 is 0 Å². The van der Waals surface area contributed by atoms with Crippen LogP contribution in [-0.2, 0) is 24.9 Å². The number of ether oxygens (including phenoxy) is 2. The molecule has 0 bridgehead atoms.